The number of carbonyl (C=O) groups excluding carboxylic acids is 2. The number of nitrogens with one attached hydrogen (secondary N) is 1. The summed E-state index contributed by atoms with van der Waals surface area (Å²) in [5, 5.41) is 7.06. The molecule has 1 saturated carbocycles. The van der Waals surface area contributed by atoms with Crippen LogP contribution in [0.4, 0.5) is 0 Å². The van der Waals surface area contributed by atoms with Gasteiger partial charge < -0.3 is 14.5 Å². The van der Waals surface area contributed by atoms with E-state index in [1.165, 1.54) is 6.42 Å². The molecule has 1 N–H and O–H groups in total. The lowest BCUT2D eigenvalue weighted by atomic mass is 9.78. The lowest BCUT2D eigenvalue weighted by Gasteiger charge is -2.34. The summed E-state index contributed by atoms with van der Waals surface area (Å²) < 4.78 is 12.2. The Morgan fingerprint density at radius 2 is 2.19 bits per heavy atom. The van der Waals surface area contributed by atoms with Gasteiger partial charge in [-0.25, -0.2) is 4.79 Å². The van der Waals surface area contributed by atoms with E-state index in [9.17, 15) is 9.59 Å². The van der Waals surface area contributed by atoms with E-state index in [2.05, 4.69) is 24.3 Å². The molecule has 2 aromatic heterocycles. The first-order valence-electron chi connectivity index (χ1n) is 9.05. The summed E-state index contributed by atoms with van der Waals surface area (Å²) in [6.07, 6.45) is 6.76. The van der Waals surface area contributed by atoms with Gasteiger partial charge >= 0.3 is 5.97 Å². The summed E-state index contributed by atoms with van der Waals surface area (Å²) in [5.74, 6) is 0.783. The van der Waals surface area contributed by atoms with E-state index in [-0.39, 0.29) is 24.3 Å². The van der Waals surface area contributed by atoms with Crippen molar-refractivity contribution in [2.24, 2.45) is 11.8 Å². The third-order valence-corrected chi connectivity index (χ3v) is 5.13. The minimum absolute atomic E-state index is 0.0830. The summed E-state index contributed by atoms with van der Waals surface area (Å²) in [5.41, 5.74) is 0. The standard InChI is InChI=1S/C19H25N3O4/c1-13-5-3-6-16(14(13)2)21-18(23)12-25-19(24)17-8-7-15(26-17)11-22-10-4-9-20-22/h4,7-10,13-14,16H,3,5-6,11-12H2,1-2H3,(H,21,23). The molecule has 3 unspecified atom stereocenters. The first-order chi connectivity index (χ1) is 12.5. The fourth-order valence-corrected chi connectivity index (χ4v) is 3.36. The Labute approximate surface area is 152 Å². The molecule has 0 radical (unpaired) electrons. The molecule has 0 spiro atoms. The largest absolute Gasteiger partial charge is 0.452 e. The van der Waals surface area contributed by atoms with Gasteiger partial charge in [-0.05, 0) is 36.5 Å². The number of nitrogens with zero attached hydrogens (tertiary/aromatic N) is 2. The van der Waals surface area contributed by atoms with Crippen molar-refractivity contribution in [3.05, 3.63) is 42.1 Å². The van der Waals surface area contributed by atoms with E-state index in [4.69, 9.17) is 9.15 Å². The van der Waals surface area contributed by atoms with Crippen LogP contribution in [0.1, 0.15) is 49.4 Å². The average molecular weight is 359 g/mol. The molecule has 3 atom stereocenters. The van der Waals surface area contributed by atoms with Crippen molar-refractivity contribution in [3.8, 4) is 0 Å². The molecule has 1 fully saturated rings. The molecule has 1 amide bonds. The Balaban J connectivity index is 1.46. The summed E-state index contributed by atoms with van der Waals surface area (Å²) in [4.78, 5) is 24.1. The summed E-state index contributed by atoms with van der Waals surface area (Å²) in [6.45, 7) is 4.50. The van der Waals surface area contributed by atoms with Gasteiger partial charge in [-0.15, -0.1) is 0 Å². The van der Waals surface area contributed by atoms with E-state index in [1.54, 1.807) is 29.2 Å². The monoisotopic (exact) mass is 359 g/mol. The Bertz CT molecular complexity index is 738. The van der Waals surface area contributed by atoms with Crippen molar-refractivity contribution < 1.29 is 18.7 Å². The summed E-state index contributed by atoms with van der Waals surface area (Å²) in [7, 11) is 0. The lowest BCUT2D eigenvalue weighted by Crippen LogP contribution is -2.45. The summed E-state index contributed by atoms with van der Waals surface area (Å²) >= 11 is 0. The van der Waals surface area contributed by atoms with Crippen LogP contribution in [0.5, 0.6) is 0 Å². The number of furan rings is 1. The van der Waals surface area contributed by atoms with Crippen LogP contribution >= 0.6 is 0 Å². The molecule has 7 nitrogen and oxygen atoms in total. The second kappa shape index (κ2) is 8.21. The van der Waals surface area contributed by atoms with E-state index in [1.807, 2.05) is 6.07 Å². The van der Waals surface area contributed by atoms with Crippen LogP contribution < -0.4 is 5.32 Å². The maximum Gasteiger partial charge on any atom is 0.374 e. The van der Waals surface area contributed by atoms with Gasteiger partial charge in [-0.2, -0.15) is 5.10 Å². The van der Waals surface area contributed by atoms with Gasteiger partial charge in [0.1, 0.15) is 5.76 Å². The van der Waals surface area contributed by atoms with Crippen molar-refractivity contribution in [3.63, 3.8) is 0 Å². The van der Waals surface area contributed by atoms with Crippen LogP contribution in [-0.4, -0.2) is 34.3 Å². The second-order valence-corrected chi connectivity index (χ2v) is 6.99. The minimum atomic E-state index is -0.642. The number of aromatic nitrogens is 2. The average Bonchev–Trinajstić information content (AvgIpc) is 3.29. The SMILES string of the molecule is CC1CCCC(NC(=O)COC(=O)c2ccc(Cn3cccn3)o2)C1C. The first-order valence-corrected chi connectivity index (χ1v) is 9.05. The number of carbonyl (C=O) groups is 2. The van der Waals surface area contributed by atoms with Crippen LogP contribution in [-0.2, 0) is 16.1 Å². The number of amides is 1. The predicted molar refractivity (Wildman–Crippen MR) is 94.4 cm³/mol. The highest BCUT2D eigenvalue weighted by Crippen LogP contribution is 2.29. The van der Waals surface area contributed by atoms with Gasteiger partial charge in [0.15, 0.2) is 6.61 Å². The molecule has 1 aliphatic carbocycles. The van der Waals surface area contributed by atoms with Gasteiger partial charge in [0, 0.05) is 18.4 Å². The third-order valence-electron chi connectivity index (χ3n) is 5.13. The number of rotatable bonds is 6. The Kier molecular flexibility index (Phi) is 5.75. The lowest BCUT2D eigenvalue weighted by molar-refractivity contribution is -0.125. The van der Waals surface area contributed by atoms with Crippen molar-refractivity contribution in [1.82, 2.24) is 15.1 Å². The predicted octanol–water partition coefficient (Wildman–Crippen LogP) is 2.62. The van der Waals surface area contributed by atoms with Gasteiger partial charge in [-0.1, -0.05) is 26.7 Å². The number of hydrogen-bond acceptors (Lipinski definition) is 5. The molecular weight excluding hydrogens is 334 g/mol. The van der Waals surface area contributed by atoms with Crippen LogP contribution in [0, 0.1) is 11.8 Å². The van der Waals surface area contributed by atoms with Crippen molar-refractivity contribution in [1.29, 1.82) is 0 Å². The maximum absolute atomic E-state index is 12.1. The molecule has 7 heteroatoms. The van der Waals surface area contributed by atoms with Crippen molar-refractivity contribution in [2.75, 3.05) is 6.61 Å². The highest BCUT2D eigenvalue weighted by atomic mass is 16.5. The number of ether oxygens (including phenoxy) is 1. The zero-order valence-corrected chi connectivity index (χ0v) is 15.2. The molecule has 1 aliphatic rings. The molecule has 0 aliphatic heterocycles. The molecule has 2 heterocycles. The zero-order chi connectivity index (χ0) is 18.5. The molecule has 140 valence electrons. The normalized spacial score (nSPS) is 22.8. The minimum Gasteiger partial charge on any atom is -0.452 e. The fourth-order valence-electron chi connectivity index (χ4n) is 3.36. The highest BCUT2D eigenvalue weighted by Gasteiger charge is 2.28. The number of hydrogen-bond donors (Lipinski definition) is 1. The Hall–Kier alpha value is -2.57. The first kappa shape index (κ1) is 18.2. The molecule has 0 saturated heterocycles. The van der Waals surface area contributed by atoms with Gasteiger partial charge in [0.05, 0.1) is 6.54 Å². The van der Waals surface area contributed by atoms with E-state index >= 15 is 0 Å². The maximum atomic E-state index is 12.1. The van der Waals surface area contributed by atoms with Crippen LogP contribution in [0.2, 0.25) is 0 Å². The molecule has 0 aromatic carbocycles. The van der Waals surface area contributed by atoms with Crippen molar-refractivity contribution in [2.45, 2.75) is 45.7 Å². The van der Waals surface area contributed by atoms with Gasteiger partial charge in [0.2, 0.25) is 5.76 Å². The fraction of sp³-hybridized carbons (Fsp3) is 0.526. The quantitative estimate of drug-likeness (QED) is 0.801. The van der Waals surface area contributed by atoms with Gasteiger partial charge in [-0.3, -0.25) is 9.48 Å². The third kappa shape index (κ3) is 4.53. The van der Waals surface area contributed by atoms with Crippen LogP contribution in [0.25, 0.3) is 0 Å². The molecule has 3 rings (SSSR count). The van der Waals surface area contributed by atoms with E-state index < -0.39 is 5.97 Å². The van der Waals surface area contributed by atoms with E-state index in [0.29, 0.717) is 24.1 Å². The molecule has 26 heavy (non-hydrogen) atoms. The topological polar surface area (TPSA) is 86.4 Å². The Morgan fingerprint density at radius 1 is 1.35 bits per heavy atom. The second-order valence-electron chi connectivity index (χ2n) is 6.99. The smallest absolute Gasteiger partial charge is 0.374 e. The van der Waals surface area contributed by atoms with Crippen LogP contribution in [0.15, 0.2) is 35.0 Å². The van der Waals surface area contributed by atoms with Crippen LogP contribution in [0.3, 0.4) is 0 Å². The highest BCUT2D eigenvalue weighted by molar-refractivity contribution is 5.88. The number of esters is 1. The van der Waals surface area contributed by atoms with Crippen molar-refractivity contribution >= 4 is 11.9 Å². The molecular formula is C19H25N3O4. The molecule has 0 bridgehead atoms. The molecule has 2 aromatic rings. The Morgan fingerprint density at radius 3 is 2.96 bits per heavy atom. The summed E-state index contributed by atoms with van der Waals surface area (Å²) in [6, 6.07) is 5.20. The van der Waals surface area contributed by atoms with Gasteiger partial charge in [0.25, 0.3) is 5.91 Å². The van der Waals surface area contributed by atoms with E-state index in [0.717, 1.165) is 12.8 Å². The zero-order valence-electron chi connectivity index (χ0n) is 15.2.